The van der Waals surface area contributed by atoms with Crippen molar-refractivity contribution in [3.05, 3.63) is 53.9 Å². The van der Waals surface area contributed by atoms with Crippen LogP contribution in [0.3, 0.4) is 0 Å². The van der Waals surface area contributed by atoms with E-state index in [1.165, 1.54) is 12.1 Å². The number of phenols is 2. The quantitative estimate of drug-likeness (QED) is 0.694. The van der Waals surface area contributed by atoms with Crippen molar-refractivity contribution < 1.29 is 10.2 Å². The van der Waals surface area contributed by atoms with E-state index < -0.39 is 0 Å². The zero-order valence-electron chi connectivity index (χ0n) is 10.4. The summed E-state index contributed by atoms with van der Waals surface area (Å²) in [5.74, 6) is -0.256. The number of aromatic nitrogens is 1. The van der Waals surface area contributed by atoms with Gasteiger partial charge in [0.1, 0.15) is 5.01 Å². The molecule has 5 heteroatoms. The standard InChI is InChI=1S/C15H11NO2S.ClH/c17-13-7-6-11(8-14(13)18)12-9-19-15(16-12)10-4-2-1-3-5-10;/h1-9,17-18H;1H. The first kappa shape index (κ1) is 14.4. The Morgan fingerprint density at radius 3 is 2.30 bits per heavy atom. The van der Waals surface area contributed by atoms with Gasteiger partial charge in [-0.05, 0) is 18.2 Å². The molecule has 0 aliphatic carbocycles. The fourth-order valence-electron chi connectivity index (χ4n) is 1.80. The SMILES string of the molecule is Cl.Oc1ccc(-c2csc(-c3ccccc3)n2)cc1O. The van der Waals surface area contributed by atoms with Gasteiger partial charge in [0.25, 0.3) is 0 Å². The summed E-state index contributed by atoms with van der Waals surface area (Å²) in [6, 6.07) is 14.7. The molecule has 3 rings (SSSR count). The maximum atomic E-state index is 9.51. The third-order valence-corrected chi connectivity index (χ3v) is 3.69. The minimum atomic E-state index is -0.133. The number of nitrogens with zero attached hydrogens (tertiary/aromatic N) is 1. The van der Waals surface area contributed by atoms with E-state index in [9.17, 15) is 10.2 Å². The van der Waals surface area contributed by atoms with Gasteiger partial charge in [0.2, 0.25) is 0 Å². The summed E-state index contributed by atoms with van der Waals surface area (Å²) in [6.45, 7) is 0. The van der Waals surface area contributed by atoms with Crippen molar-refractivity contribution in [3.63, 3.8) is 0 Å². The van der Waals surface area contributed by atoms with Crippen molar-refractivity contribution in [2.75, 3.05) is 0 Å². The van der Waals surface area contributed by atoms with E-state index in [0.29, 0.717) is 0 Å². The van der Waals surface area contributed by atoms with E-state index in [0.717, 1.165) is 21.8 Å². The molecule has 0 saturated heterocycles. The zero-order chi connectivity index (χ0) is 13.2. The Balaban J connectivity index is 0.00000147. The molecule has 0 aliphatic rings. The first-order valence-corrected chi connectivity index (χ1v) is 6.65. The summed E-state index contributed by atoms with van der Waals surface area (Å²) >= 11 is 1.55. The number of aromatic hydroxyl groups is 2. The number of halogens is 1. The van der Waals surface area contributed by atoms with Crippen LogP contribution in [0.4, 0.5) is 0 Å². The van der Waals surface area contributed by atoms with Crippen LogP contribution in [0.15, 0.2) is 53.9 Å². The van der Waals surface area contributed by atoms with Gasteiger partial charge < -0.3 is 10.2 Å². The molecule has 0 amide bonds. The van der Waals surface area contributed by atoms with E-state index in [1.807, 2.05) is 35.7 Å². The van der Waals surface area contributed by atoms with Gasteiger partial charge in [-0.2, -0.15) is 0 Å². The van der Waals surface area contributed by atoms with Gasteiger partial charge in [-0.15, -0.1) is 23.7 Å². The minimum Gasteiger partial charge on any atom is -0.504 e. The minimum absolute atomic E-state index is 0. The molecule has 102 valence electrons. The van der Waals surface area contributed by atoms with Gasteiger partial charge in [0.15, 0.2) is 11.5 Å². The monoisotopic (exact) mass is 305 g/mol. The molecule has 3 nitrogen and oxygen atoms in total. The lowest BCUT2D eigenvalue weighted by Crippen LogP contribution is -1.79. The predicted octanol–water partition coefficient (Wildman–Crippen LogP) is 4.31. The molecule has 1 aromatic heterocycles. The molecule has 0 spiro atoms. The average molecular weight is 306 g/mol. The third-order valence-electron chi connectivity index (χ3n) is 2.80. The van der Waals surface area contributed by atoms with Crippen molar-refractivity contribution in [2.24, 2.45) is 0 Å². The lowest BCUT2D eigenvalue weighted by atomic mass is 10.1. The number of hydrogen-bond donors (Lipinski definition) is 2. The summed E-state index contributed by atoms with van der Waals surface area (Å²) < 4.78 is 0. The molecule has 0 radical (unpaired) electrons. The third kappa shape index (κ3) is 2.76. The molecule has 20 heavy (non-hydrogen) atoms. The zero-order valence-corrected chi connectivity index (χ0v) is 12.0. The number of hydrogen-bond acceptors (Lipinski definition) is 4. The lowest BCUT2D eigenvalue weighted by molar-refractivity contribution is 0.404. The van der Waals surface area contributed by atoms with Gasteiger partial charge in [-0.3, -0.25) is 0 Å². The Bertz CT molecular complexity index is 713. The molecular formula is C15H12ClNO2S. The van der Waals surface area contributed by atoms with Crippen LogP contribution in [0.2, 0.25) is 0 Å². The van der Waals surface area contributed by atoms with Gasteiger partial charge >= 0.3 is 0 Å². The number of thiazole rings is 1. The Hall–Kier alpha value is -2.04. The van der Waals surface area contributed by atoms with Crippen LogP contribution in [0.25, 0.3) is 21.8 Å². The molecule has 2 N–H and O–H groups in total. The topological polar surface area (TPSA) is 53.4 Å². The first-order chi connectivity index (χ1) is 9.24. The van der Waals surface area contributed by atoms with Gasteiger partial charge in [-0.25, -0.2) is 4.98 Å². The molecule has 1 heterocycles. The van der Waals surface area contributed by atoms with Crippen LogP contribution >= 0.6 is 23.7 Å². The van der Waals surface area contributed by atoms with Crippen molar-refractivity contribution in [2.45, 2.75) is 0 Å². The fourth-order valence-corrected chi connectivity index (χ4v) is 2.64. The van der Waals surface area contributed by atoms with E-state index >= 15 is 0 Å². The van der Waals surface area contributed by atoms with Crippen molar-refractivity contribution in [1.29, 1.82) is 0 Å². The molecule has 0 atom stereocenters. The van der Waals surface area contributed by atoms with Gasteiger partial charge in [-0.1, -0.05) is 30.3 Å². The second-order valence-electron chi connectivity index (χ2n) is 4.11. The molecule has 0 unspecified atom stereocenters. The normalized spacial score (nSPS) is 10.0. The Kier molecular flexibility index (Phi) is 4.27. The van der Waals surface area contributed by atoms with Gasteiger partial charge in [0.05, 0.1) is 5.69 Å². The van der Waals surface area contributed by atoms with E-state index in [1.54, 1.807) is 17.4 Å². The van der Waals surface area contributed by atoms with Gasteiger partial charge in [0, 0.05) is 16.5 Å². The van der Waals surface area contributed by atoms with Crippen molar-refractivity contribution in [1.82, 2.24) is 4.98 Å². The van der Waals surface area contributed by atoms with Crippen LogP contribution in [0.1, 0.15) is 0 Å². The summed E-state index contributed by atoms with van der Waals surface area (Å²) in [5.41, 5.74) is 2.65. The summed E-state index contributed by atoms with van der Waals surface area (Å²) in [6.07, 6.45) is 0. The maximum Gasteiger partial charge on any atom is 0.158 e. The number of benzene rings is 2. The van der Waals surface area contributed by atoms with E-state index in [-0.39, 0.29) is 23.9 Å². The largest absolute Gasteiger partial charge is 0.504 e. The smallest absolute Gasteiger partial charge is 0.158 e. The van der Waals surface area contributed by atoms with Crippen LogP contribution in [0.5, 0.6) is 11.5 Å². The molecule has 0 aliphatic heterocycles. The highest BCUT2D eigenvalue weighted by molar-refractivity contribution is 7.13. The Morgan fingerprint density at radius 1 is 0.850 bits per heavy atom. The maximum absolute atomic E-state index is 9.51. The Labute approximate surface area is 126 Å². The summed E-state index contributed by atoms with van der Waals surface area (Å²) in [7, 11) is 0. The van der Waals surface area contributed by atoms with Crippen molar-refractivity contribution >= 4 is 23.7 Å². The molecule has 2 aromatic carbocycles. The van der Waals surface area contributed by atoms with Crippen LogP contribution in [0, 0.1) is 0 Å². The van der Waals surface area contributed by atoms with E-state index in [4.69, 9.17) is 0 Å². The van der Waals surface area contributed by atoms with Crippen molar-refractivity contribution in [3.8, 4) is 33.3 Å². The second kappa shape index (κ2) is 5.94. The predicted molar refractivity (Wildman–Crippen MR) is 83.6 cm³/mol. The van der Waals surface area contributed by atoms with Crippen LogP contribution < -0.4 is 0 Å². The second-order valence-corrected chi connectivity index (χ2v) is 4.97. The Morgan fingerprint density at radius 2 is 1.60 bits per heavy atom. The molecular weight excluding hydrogens is 294 g/mol. The molecule has 0 fully saturated rings. The number of rotatable bonds is 2. The average Bonchev–Trinajstić information content (AvgIpc) is 2.93. The lowest BCUT2D eigenvalue weighted by Gasteiger charge is -2.00. The van der Waals surface area contributed by atoms with Crippen LogP contribution in [-0.2, 0) is 0 Å². The molecule has 0 bridgehead atoms. The van der Waals surface area contributed by atoms with Crippen LogP contribution in [-0.4, -0.2) is 15.2 Å². The highest BCUT2D eigenvalue weighted by atomic mass is 35.5. The summed E-state index contributed by atoms with van der Waals surface area (Å²) in [4.78, 5) is 4.55. The highest BCUT2D eigenvalue weighted by Crippen LogP contribution is 2.33. The highest BCUT2D eigenvalue weighted by Gasteiger charge is 2.08. The van der Waals surface area contributed by atoms with E-state index in [2.05, 4.69) is 4.98 Å². The fraction of sp³-hybridized carbons (Fsp3) is 0. The molecule has 3 aromatic rings. The first-order valence-electron chi connectivity index (χ1n) is 5.77. The molecule has 0 saturated carbocycles. The number of phenolic OH excluding ortho intramolecular Hbond substituents is 2. The summed E-state index contributed by atoms with van der Waals surface area (Å²) in [5, 5.41) is 21.7.